The van der Waals surface area contributed by atoms with Crippen molar-refractivity contribution in [3.8, 4) is 5.75 Å². The molecule has 21 heavy (non-hydrogen) atoms. The molecule has 0 aliphatic carbocycles. The van der Waals surface area contributed by atoms with Gasteiger partial charge in [-0.2, -0.15) is 0 Å². The summed E-state index contributed by atoms with van der Waals surface area (Å²) in [5.41, 5.74) is 0. The summed E-state index contributed by atoms with van der Waals surface area (Å²) in [7, 11) is 0. The first kappa shape index (κ1) is 17.6. The summed E-state index contributed by atoms with van der Waals surface area (Å²) in [6, 6.07) is 5.05. The molecule has 1 amide bonds. The van der Waals surface area contributed by atoms with E-state index in [4.69, 9.17) is 27.9 Å². The van der Waals surface area contributed by atoms with Crippen molar-refractivity contribution in [2.75, 3.05) is 19.7 Å². The van der Waals surface area contributed by atoms with E-state index in [1.54, 1.807) is 35.3 Å². The molecule has 0 fully saturated rings. The van der Waals surface area contributed by atoms with Crippen LogP contribution in [0.1, 0.15) is 12.8 Å². The number of amides is 1. The molecule has 0 spiro atoms. The van der Waals surface area contributed by atoms with E-state index >= 15 is 0 Å². The number of carbonyl (C=O) groups is 1. The molecule has 5 heteroatoms. The molecule has 1 aromatic rings. The van der Waals surface area contributed by atoms with Crippen LogP contribution in [0, 0.1) is 0 Å². The molecule has 0 atom stereocenters. The van der Waals surface area contributed by atoms with Crippen molar-refractivity contribution in [2.24, 2.45) is 0 Å². The number of carbonyl (C=O) groups excluding carboxylic acids is 1. The van der Waals surface area contributed by atoms with E-state index in [-0.39, 0.29) is 5.91 Å². The molecule has 0 saturated heterocycles. The van der Waals surface area contributed by atoms with Crippen LogP contribution in [-0.4, -0.2) is 30.5 Å². The van der Waals surface area contributed by atoms with Crippen molar-refractivity contribution in [2.45, 2.75) is 12.8 Å². The maximum absolute atomic E-state index is 12.0. The van der Waals surface area contributed by atoms with Gasteiger partial charge in [0, 0.05) is 24.5 Å². The Bertz CT molecular complexity index is 493. The molecule has 1 aromatic carbocycles. The fraction of sp³-hybridized carbons (Fsp3) is 0.312. The van der Waals surface area contributed by atoms with E-state index in [0.29, 0.717) is 48.3 Å². The quantitative estimate of drug-likeness (QED) is 0.498. The average Bonchev–Trinajstić information content (AvgIpc) is 2.45. The maximum Gasteiger partial charge on any atom is 0.223 e. The predicted molar refractivity (Wildman–Crippen MR) is 88.2 cm³/mol. The fourth-order valence-corrected chi connectivity index (χ4v) is 2.21. The van der Waals surface area contributed by atoms with E-state index in [1.807, 2.05) is 0 Å². The van der Waals surface area contributed by atoms with E-state index in [2.05, 4.69) is 13.2 Å². The monoisotopic (exact) mass is 327 g/mol. The van der Waals surface area contributed by atoms with Crippen molar-refractivity contribution in [1.29, 1.82) is 0 Å². The van der Waals surface area contributed by atoms with Crippen molar-refractivity contribution in [1.82, 2.24) is 4.90 Å². The third-order valence-corrected chi connectivity index (χ3v) is 3.27. The Kier molecular flexibility index (Phi) is 7.95. The van der Waals surface area contributed by atoms with Gasteiger partial charge < -0.3 is 9.64 Å². The number of hydrogen-bond acceptors (Lipinski definition) is 2. The van der Waals surface area contributed by atoms with Gasteiger partial charge in [0.2, 0.25) is 5.91 Å². The molecular formula is C16H19Cl2NO2. The van der Waals surface area contributed by atoms with Gasteiger partial charge in [0.05, 0.1) is 11.6 Å². The third kappa shape index (κ3) is 6.23. The lowest BCUT2D eigenvalue weighted by Crippen LogP contribution is -2.31. The van der Waals surface area contributed by atoms with Gasteiger partial charge in [-0.1, -0.05) is 35.4 Å². The molecule has 0 heterocycles. The van der Waals surface area contributed by atoms with Gasteiger partial charge >= 0.3 is 0 Å². The van der Waals surface area contributed by atoms with Crippen LogP contribution in [0.3, 0.4) is 0 Å². The predicted octanol–water partition coefficient (Wildman–Crippen LogP) is 4.35. The normalized spacial score (nSPS) is 10.0. The van der Waals surface area contributed by atoms with Gasteiger partial charge in [-0.25, -0.2) is 0 Å². The lowest BCUT2D eigenvalue weighted by Gasteiger charge is -2.19. The lowest BCUT2D eigenvalue weighted by atomic mass is 10.2. The Balaban J connectivity index is 2.37. The smallest absolute Gasteiger partial charge is 0.223 e. The highest BCUT2D eigenvalue weighted by atomic mass is 35.5. The summed E-state index contributed by atoms with van der Waals surface area (Å²) >= 11 is 11.8. The molecule has 0 unspecified atom stereocenters. The van der Waals surface area contributed by atoms with Crippen LogP contribution in [0.2, 0.25) is 10.0 Å². The van der Waals surface area contributed by atoms with Crippen molar-refractivity contribution < 1.29 is 9.53 Å². The number of hydrogen-bond donors (Lipinski definition) is 0. The van der Waals surface area contributed by atoms with Crippen LogP contribution in [0.15, 0.2) is 43.5 Å². The van der Waals surface area contributed by atoms with Crippen LogP contribution in [0.4, 0.5) is 0 Å². The first-order valence-electron chi connectivity index (χ1n) is 6.66. The molecule has 0 radical (unpaired) electrons. The summed E-state index contributed by atoms with van der Waals surface area (Å²) in [5.74, 6) is 0.628. The number of nitrogens with zero attached hydrogens (tertiary/aromatic N) is 1. The van der Waals surface area contributed by atoms with Crippen LogP contribution in [0.25, 0.3) is 0 Å². The number of benzene rings is 1. The Morgan fingerprint density at radius 3 is 2.48 bits per heavy atom. The second-order valence-electron chi connectivity index (χ2n) is 4.40. The average molecular weight is 328 g/mol. The Hall–Kier alpha value is -1.45. The van der Waals surface area contributed by atoms with E-state index in [1.165, 1.54) is 0 Å². The first-order valence-corrected chi connectivity index (χ1v) is 7.41. The van der Waals surface area contributed by atoms with Crippen molar-refractivity contribution >= 4 is 29.1 Å². The zero-order valence-corrected chi connectivity index (χ0v) is 13.4. The molecule has 3 nitrogen and oxygen atoms in total. The fourth-order valence-electron chi connectivity index (χ4n) is 1.75. The Labute approximate surface area is 135 Å². The van der Waals surface area contributed by atoms with Gasteiger partial charge in [-0.3, -0.25) is 4.79 Å². The van der Waals surface area contributed by atoms with Gasteiger partial charge in [-0.15, -0.1) is 13.2 Å². The van der Waals surface area contributed by atoms with Crippen LogP contribution in [-0.2, 0) is 4.79 Å². The van der Waals surface area contributed by atoms with Crippen molar-refractivity contribution in [3.05, 3.63) is 53.6 Å². The van der Waals surface area contributed by atoms with Gasteiger partial charge in [0.15, 0.2) is 0 Å². The molecule has 114 valence electrons. The Morgan fingerprint density at radius 2 is 1.90 bits per heavy atom. The maximum atomic E-state index is 12.0. The molecule has 0 aromatic heterocycles. The molecular weight excluding hydrogens is 309 g/mol. The van der Waals surface area contributed by atoms with Gasteiger partial charge in [0.25, 0.3) is 0 Å². The van der Waals surface area contributed by atoms with Crippen molar-refractivity contribution in [3.63, 3.8) is 0 Å². The van der Waals surface area contributed by atoms with Crippen LogP contribution < -0.4 is 4.74 Å². The highest BCUT2D eigenvalue weighted by Crippen LogP contribution is 2.27. The molecule has 0 aliphatic heterocycles. The van der Waals surface area contributed by atoms with Gasteiger partial charge in [-0.05, 0) is 24.6 Å². The number of rotatable bonds is 9. The standard InChI is InChI=1S/C16H19Cl2NO2/c1-3-9-19(10-4-2)16(20)6-5-11-21-15-8-7-13(17)12-14(15)18/h3-4,7-8,12H,1-2,5-6,9-11H2. The number of halogens is 2. The van der Waals surface area contributed by atoms with Crippen LogP contribution in [0.5, 0.6) is 5.75 Å². The summed E-state index contributed by atoms with van der Waals surface area (Å²) in [6.07, 6.45) is 4.42. The summed E-state index contributed by atoms with van der Waals surface area (Å²) in [6.45, 7) is 8.74. The molecule has 0 bridgehead atoms. The molecule has 0 N–H and O–H groups in total. The summed E-state index contributed by atoms with van der Waals surface area (Å²) < 4.78 is 5.54. The SMILES string of the molecule is C=CCN(CC=C)C(=O)CCCOc1ccc(Cl)cc1Cl. The zero-order valence-electron chi connectivity index (χ0n) is 11.9. The molecule has 1 rings (SSSR count). The minimum atomic E-state index is 0.0561. The third-order valence-electron chi connectivity index (χ3n) is 2.74. The Morgan fingerprint density at radius 1 is 1.24 bits per heavy atom. The zero-order chi connectivity index (χ0) is 15.7. The largest absolute Gasteiger partial charge is 0.492 e. The minimum absolute atomic E-state index is 0.0561. The van der Waals surface area contributed by atoms with E-state index < -0.39 is 0 Å². The first-order chi connectivity index (χ1) is 10.1. The number of ether oxygens (including phenoxy) is 1. The minimum Gasteiger partial charge on any atom is -0.492 e. The second kappa shape index (κ2) is 9.48. The van der Waals surface area contributed by atoms with E-state index in [0.717, 1.165) is 0 Å². The highest BCUT2D eigenvalue weighted by Gasteiger charge is 2.10. The lowest BCUT2D eigenvalue weighted by molar-refractivity contribution is -0.130. The summed E-state index contributed by atoms with van der Waals surface area (Å²) in [4.78, 5) is 13.7. The molecule has 0 saturated carbocycles. The van der Waals surface area contributed by atoms with Gasteiger partial charge in [0.1, 0.15) is 5.75 Å². The highest BCUT2D eigenvalue weighted by molar-refractivity contribution is 6.35. The topological polar surface area (TPSA) is 29.5 Å². The summed E-state index contributed by atoms with van der Waals surface area (Å²) in [5, 5.41) is 1.03. The van der Waals surface area contributed by atoms with E-state index in [9.17, 15) is 4.79 Å². The second-order valence-corrected chi connectivity index (χ2v) is 5.25. The molecule has 0 aliphatic rings. The van der Waals surface area contributed by atoms with Crippen LogP contribution >= 0.6 is 23.2 Å².